The molecule has 0 bridgehead atoms. The fraction of sp³-hybridized carbons (Fsp3) is 1.00. The topological polar surface area (TPSA) is 18.5 Å². The van der Waals surface area contributed by atoms with Gasteiger partial charge in [-0.1, -0.05) is 6.92 Å². The molecule has 0 saturated carbocycles. The first-order valence-electron chi connectivity index (χ1n) is 3.01. The standard InChI is InChI=1S/C5H13N3/c1-3-8-5-6-4-7(8)2/h6H,3-5H2,1-2H3. The molecule has 1 fully saturated rings. The third-order valence-corrected chi connectivity index (χ3v) is 1.48. The third kappa shape index (κ3) is 0.992. The van der Waals surface area contributed by atoms with Crippen LogP contribution in [0.15, 0.2) is 0 Å². The van der Waals surface area contributed by atoms with Crippen LogP contribution in [0, 0.1) is 0 Å². The molecular formula is C5H13N3. The van der Waals surface area contributed by atoms with Gasteiger partial charge in [-0.3, -0.25) is 5.32 Å². The molecule has 8 heavy (non-hydrogen) atoms. The van der Waals surface area contributed by atoms with E-state index in [0.717, 1.165) is 19.9 Å². The Hall–Kier alpha value is -0.120. The van der Waals surface area contributed by atoms with Crippen molar-refractivity contribution >= 4 is 0 Å². The molecule has 48 valence electrons. The van der Waals surface area contributed by atoms with E-state index in [-0.39, 0.29) is 0 Å². The van der Waals surface area contributed by atoms with Crippen LogP contribution in [0.25, 0.3) is 0 Å². The Morgan fingerprint density at radius 3 is 2.50 bits per heavy atom. The van der Waals surface area contributed by atoms with Crippen molar-refractivity contribution < 1.29 is 0 Å². The highest BCUT2D eigenvalue weighted by atomic mass is 15.7. The molecule has 0 amide bonds. The van der Waals surface area contributed by atoms with Crippen molar-refractivity contribution in [2.24, 2.45) is 0 Å². The molecule has 1 rings (SSSR count). The van der Waals surface area contributed by atoms with Crippen molar-refractivity contribution in [2.75, 3.05) is 26.9 Å². The quantitative estimate of drug-likeness (QED) is 0.505. The Balaban J connectivity index is 2.30. The van der Waals surface area contributed by atoms with Gasteiger partial charge in [0.05, 0.1) is 13.3 Å². The highest BCUT2D eigenvalue weighted by Gasteiger charge is 2.13. The summed E-state index contributed by atoms with van der Waals surface area (Å²) in [5, 5.41) is 7.66. The summed E-state index contributed by atoms with van der Waals surface area (Å²) < 4.78 is 0. The summed E-state index contributed by atoms with van der Waals surface area (Å²) in [6.45, 7) is 5.26. The van der Waals surface area contributed by atoms with Crippen LogP contribution >= 0.6 is 0 Å². The number of hydrazine groups is 1. The predicted molar refractivity (Wildman–Crippen MR) is 33.0 cm³/mol. The molecular weight excluding hydrogens is 102 g/mol. The van der Waals surface area contributed by atoms with Crippen molar-refractivity contribution in [1.82, 2.24) is 15.3 Å². The average molecular weight is 115 g/mol. The minimum atomic E-state index is 0.994. The van der Waals surface area contributed by atoms with Gasteiger partial charge in [0.25, 0.3) is 0 Å². The van der Waals surface area contributed by atoms with E-state index < -0.39 is 0 Å². The van der Waals surface area contributed by atoms with E-state index in [1.54, 1.807) is 0 Å². The van der Waals surface area contributed by atoms with Crippen LogP contribution in [0.3, 0.4) is 0 Å². The van der Waals surface area contributed by atoms with E-state index in [9.17, 15) is 0 Å². The third-order valence-electron chi connectivity index (χ3n) is 1.48. The van der Waals surface area contributed by atoms with Gasteiger partial charge in [-0.25, -0.2) is 10.0 Å². The van der Waals surface area contributed by atoms with Crippen molar-refractivity contribution in [3.05, 3.63) is 0 Å². The van der Waals surface area contributed by atoms with Crippen LogP contribution in [-0.2, 0) is 0 Å². The van der Waals surface area contributed by atoms with E-state index in [2.05, 4.69) is 29.3 Å². The van der Waals surface area contributed by atoms with Crippen LogP contribution in [0.4, 0.5) is 0 Å². The Kier molecular flexibility index (Phi) is 1.83. The molecule has 1 aliphatic rings. The molecule has 1 heterocycles. The fourth-order valence-electron chi connectivity index (χ4n) is 0.915. The molecule has 3 nitrogen and oxygen atoms in total. The van der Waals surface area contributed by atoms with Crippen LogP contribution in [-0.4, -0.2) is 36.9 Å². The molecule has 0 aromatic heterocycles. The summed E-state index contributed by atoms with van der Waals surface area (Å²) in [4.78, 5) is 0. The first-order valence-corrected chi connectivity index (χ1v) is 3.01. The molecule has 0 aromatic rings. The first kappa shape index (κ1) is 6.01. The Labute approximate surface area is 50.2 Å². The van der Waals surface area contributed by atoms with Gasteiger partial charge in [-0.2, -0.15) is 0 Å². The summed E-state index contributed by atoms with van der Waals surface area (Å²) >= 11 is 0. The van der Waals surface area contributed by atoms with Gasteiger partial charge in [0.15, 0.2) is 0 Å². The lowest BCUT2D eigenvalue weighted by Crippen LogP contribution is -2.32. The number of nitrogens with zero attached hydrogens (tertiary/aromatic N) is 2. The summed E-state index contributed by atoms with van der Waals surface area (Å²) in [5.74, 6) is 0. The van der Waals surface area contributed by atoms with Crippen molar-refractivity contribution in [1.29, 1.82) is 0 Å². The zero-order chi connectivity index (χ0) is 5.98. The summed E-state index contributed by atoms with van der Waals surface area (Å²) in [6, 6.07) is 0. The van der Waals surface area contributed by atoms with Gasteiger partial charge in [0, 0.05) is 13.6 Å². The number of rotatable bonds is 1. The Morgan fingerprint density at radius 2 is 2.25 bits per heavy atom. The highest BCUT2D eigenvalue weighted by molar-refractivity contribution is 4.55. The molecule has 0 spiro atoms. The second-order valence-corrected chi connectivity index (χ2v) is 2.05. The van der Waals surface area contributed by atoms with Gasteiger partial charge in [-0.05, 0) is 0 Å². The molecule has 0 atom stereocenters. The van der Waals surface area contributed by atoms with E-state index in [0.29, 0.717) is 0 Å². The maximum atomic E-state index is 3.22. The molecule has 0 radical (unpaired) electrons. The zero-order valence-corrected chi connectivity index (χ0v) is 5.52. The van der Waals surface area contributed by atoms with Crippen molar-refractivity contribution in [3.8, 4) is 0 Å². The lowest BCUT2D eigenvalue weighted by Gasteiger charge is -2.19. The summed E-state index contributed by atoms with van der Waals surface area (Å²) in [5.41, 5.74) is 0. The van der Waals surface area contributed by atoms with E-state index in [1.807, 2.05) is 0 Å². The average Bonchev–Trinajstić information content (AvgIpc) is 2.14. The van der Waals surface area contributed by atoms with Crippen LogP contribution in [0.2, 0.25) is 0 Å². The highest BCUT2D eigenvalue weighted by Crippen LogP contribution is 1.95. The second kappa shape index (κ2) is 2.44. The molecule has 0 aliphatic carbocycles. The van der Waals surface area contributed by atoms with Crippen LogP contribution in [0.1, 0.15) is 6.92 Å². The minimum Gasteiger partial charge on any atom is -0.289 e. The van der Waals surface area contributed by atoms with Gasteiger partial charge in [0.1, 0.15) is 0 Å². The molecule has 0 unspecified atom stereocenters. The van der Waals surface area contributed by atoms with Crippen molar-refractivity contribution in [3.63, 3.8) is 0 Å². The SMILES string of the molecule is CCN1CNCN1C. The van der Waals surface area contributed by atoms with Gasteiger partial charge < -0.3 is 0 Å². The first-order chi connectivity index (χ1) is 3.84. The second-order valence-electron chi connectivity index (χ2n) is 2.05. The molecule has 3 heteroatoms. The smallest absolute Gasteiger partial charge is 0.0633 e. The number of hydrogen-bond acceptors (Lipinski definition) is 3. The maximum Gasteiger partial charge on any atom is 0.0633 e. The largest absolute Gasteiger partial charge is 0.289 e. The molecule has 1 saturated heterocycles. The zero-order valence-electron chi connectivity index (χ0n) is 5.52. The maximum absolute atomic E-state index is 3.22. The number of nitrogens with one attached hydrogen (secondary N) is 1. The fourth-order valence-corrected chi connectivity index (χ4v) is 0.915. The van der Waals surface area contributed by atoms with Gasteiger partial charge in [0.2, 0.25) is 0 Å². The normalized spacial score (nSPS) is 24.8. The monoisotopic (exact) mass is 115 g/mol. The summed E-state index contributed by atoms with van der Waals surface area (Å²) in [7, 11) is 2.09. The van der Waals surface area contributed by atoms with Gasteiger partial charge in [-0.15, -0.1) is 0 Å². The van der Waals surface area contributed by atoms with Crippen LogP contribution < -0.4 is 5.32 Å². The lowest BCUT2D eigenvalue weighted by atomic mass is 10.7. The minimum absolute atomic E-state index is 0.994. The Morgan fingerprint density at radius 1 is 1.50 bits per heavy atom. The van der Waals surface area contributed by atoms with Gasteiger partial charge >= 0.3 is 0 Å². The van der Waals surface area contributed by atoms with E-state index in [1.165, 1.54) is 0 Å². The Bertz CT molecular complexity index is 74.1. The van der Waals surface area contributed by atoms with Crippen molar-refractivity contribution in [2.45, 2.75) is 6.92 Å². The van der Waals surface area contributed by atoms with Crippen LogP contribution in [0.5, 0.6) is 0 Å². The molecule has 0 aromatic carbocycles. The van der Waals surface area contributed by atoms with E-state index in [4.69, 9.17) is 0 Å². The van der Waals surface area contributed by atoms with E-state index >= 15 is 0 Å². The molecule has 1 N–H and O–H groups in total. The molecule has 1 aliphatic heterocycles. The summed E-state index contributed by atoms with van der Waals surface area (Å²) in [6.07, 6.45) is 0. The predicted octanol–water partition coefficient (Wildman–Crippen LogP) is -0.327. The number of hydrogen-bond donors (Lipinski definition) is 1. The lowest BCUT2D eigenvalue weighted by molar-refractivity contribution is 0.0628.